The average molecular weight is 391 g/mol. The van der Waals surface area contributed by atoms with Crippen LogP contribution in [0.15, 0.2) is 71.9 Å². The maximum atomic E-state index is 12.4. The zero-order valence-corrected chi connectivity index (χ0v) is 15.9. The van der Waals surface area contributed by atoms with Gasteiger partial charge in [0.15, 0.2) is 0 Å². The highest BCUT2D eigenvalue weighted by atomic mass is 32.2. The van der Waals surface area contributed by atoms with Gasteiger partial charge in [-0.25, -0.2) is 0 Å². The monoisotopic (exact) mass is 391 g/mol. The highest BCUT2D eigenvalue weighted by Gasteiger charge is 2.12. The Bertz CT molecular complexity index is 1130. The Hall–Kier alpha value is -3.39. The van der Waals surface area contributed by atoms with Crippen LogP contribution in [0.1, 0.15) is 0 Å². The van der Waals surface area contributed by atoms with Crippen molar-refractivity contribution in [3.05, 3.63) is 66.7 Å². The van der Waals surface area contributed by atoms with Gasteiger partial charge in [0.25, 0.3) is 0 Å². The lowest BCUT2D eigenvalue weighted by Crippen LogP contribution is -2.14. The normalized spacial score (nSPS) is 10.8. The van der Waals surface area contributed by atoms with Crippen molar-refractivity contribution in [1.29, 1.82) is 0 Å². The number of carbonyl (C=O) groups is 1. The van der Waals surface area contributed by atoms with Crippen LogP contribution in [0.25, 0.3) is 16.5 Å². The summed E-state index contributed by atoms with van der Waals surface area (Å²) >= 11 is 1.27. The first kappa shape index (κ1) is 18.0. The summed E-state index contributed by atoms with van der Waals surface area (Å²) in [5, 5.41) is 17.4. The van der Waals surface area contributed by atoms with E-state index in [1.807, 2.05) is 66.7 Å². The molecule has 0 fully saturated rings. The second-order valence-electron chi connectivity index (χ2n) is 5.97. The van der Waals surface area contributed by atoms with Crippen molar-refractivity contribution in [2.75, 3.05) is 18.2 Å². The number of nitrogens with one attached hydrogen (secondary N) is 1. The summed E-state index contributed by atoms with van der Waals surface area (Å²) in [6.45, 7) is 0. The van der Waals surface area contributed by atoms with Crippen molar-refractivity contribution in [2.24, 2.45) is 0 Å². The first-order chi connectivity index (χ1) is 13.7. The number of methoxy groups -OCH3 is 1. The average Bonchev–Trinajstić information content (AvgIpc) is 3.21. The maximum Gasteiger partial charge on any atom is 0.234 e. The minimum absolute atomic E-state index is 0.125. The van der Waals surface area contributed by atoms with Crippen molar-refractivity contribution < 1.29 is 9.53 Å². The van der Waals surface area contributed by atoms with E-state index in [-0.39, 0.29) is 11.7 Å². The van der Waals surface area contributed by atoms with Crippen LogP contribution in [0.4, 0.5) is 5.69 Å². The maximum absolute atomic E-state index is 12.4. The highest BCUT2D eigenvalue weighted by Crippen LogP contribution is 2.22. The number of tetrazole rings is 1. The molecule has 4 rings (SSSR count). The van der Waals surface area contributed by atoms with E-state index in [0.717, 1.165) is 22.1 Å². The molecule has 0 radical (unpaired) electrons. The topological polar surface area (TPSA) is 81.9 Å². The van der Waals surface area contributed by atoms with Crippen LogP contribution in [-0.2, 0) is 4.79 Å². The molecule has 140 valence electrons. The van der Waals surface area contributed by atoms with E-state index in [9.17, 15) is 4.79 Å². The van der Waals surface area contributed by atoms with E-state index < -0.39 is 0 Å². The number of hydrogen-bond acceptors (Lipinski definition) is 6. The van der Waals surface area contributed by atoms with E-state index in [1.165, 1.54) is 11.8 Å². The number of thioether (sulfide) groups is 1. The fourth-order valence-corrected chi connectivity index (χ4v) is 3.46. The molecule has 0 aliphatic rings. The molecule has 0 atom stereocenters. The zero-order valence-electron chi connectivity index (χ0n) is 15.1. The largest absolute Gasteiger partial charge is 0.497 e. The van der Waals surface area contributed by atoms with Crippen molar-refractivity contribution in [1.82, 2.24) is 20.2 Å². The van der Waals surface area contributed by atoms with Crippen LogP contribution in [0.3, 0.4) is 0 Å². The minimum Gasteiger partial charge on any atom is -0.497 e. The molecule has 4 aromatic rings. The smallest absolute Gasteiger partial charge is 0.234 e. The Balaban J connectivity index is 1.43. The molecule has 8 heteroatoms. The number of anilines is 1. The molecule has 28 heavy (non-hydrogen) atoms. The summed E-state index contributed by atoms with van der Waals surface area (Å²) in [5.41, 5.74) is 1.53. The van der Waals surface area contributed by atoms with Crippen molar-refractivity contribution in [3.8, 4) is 11.4 Å². The summed E-state index contributed by atoms with van der Waals surface area (Å²) in [7, 11) is 1.60. The number of nitrogens with zero attached hydrogens (tertiary/aromatic N) is 4. The third-order valence-electron chi connectivity index (χ3n) is 4.10. The number of carbonyl (C=O) groups excluding carboxylic acids is 1. The molecule has 0 bridgehead atoms. The molecule has 7 nitrogen and oxygen atoms in total. The van der Waals surface area contributed by atoms with Gasteiger partial charge >= 0.3 is 0 Å². The molecule has 1 amide bonds. The van der Waals surface area contributed by atoms with E-state index in [0.29, 0.717) is 10.9 Å². The number of ether oxygens (including phenoxy) is 1. The molecule has 1 aromatic heterocycles. The Labute approximate surface area is 165 Å². The molecular formula is C20H17N5O2S. The third-order valence-corrected chi connectivity index (χ3v) is 5.02. The summed E-state index contributed by atoms with van der Waals surface area (Å²) in [5.74, 6) is 0.774. The second-order valence-corrected chi connectivity index (χ2v) is 6.92. The van der Waals surface area contributed by atoms with Gasteiger partial charge in [-0.15, -0.1) is 5.10 Å². The lowest BCUT2D eigenvalue weighted by atomic mass is 10.1. The van der Waals surface area contributed by atoms with Gasteiger partial charge in [-0.1, -0.05) is 48.2 Å². The van der Waals surface area contributed by atoms with E-state index in [2.05, 4.69) is 20.8 Å². The predicted octanol–water partition coefficient (Wildman–Crippen LogP) is 3.55. The van der Waals surface area contributed by atoms with E-state index >= 15 is 0 Å². The first-order valence-corrected chi connectivity index (χ1v) is 9.56. The molecular weight excluding hydrogens is 374 g/mol. The number of fused-ring (bicyclic) bond motifs is 1. The predicted molar refractivity (Wildman–Crippen MR) is 109 cm³/mol. The number of benzene rings is 3. The van der Waals surface area contributed by atoms with Crippen LogP contribution >= 0.6 is 11.8 Å². The molecule has 0 spiro atoms. The van der Waals surface area contributed by atoms with Gasteiger partial charge in [0, 0.05) is 11.8 Å². The van der Waals surface area contributed by atoms with E-state index in [4.69, 9.17) is 4.74 Å². The summed E-state index contributed by atoms with van der Waals surface area (Å²) < 4.78 is 6.81. The molecule has 1 N–H and O–H groups in total. The number of hydrogen-bond donors (Lipinski definition) is 1. The quantitative estimate of drug-likeness (QED) is 0.506. The fraction of sp³-hybridized carbons (Fsp3) is 0.100. The molecule has 0 saturated heterocycles. The van der Waals surface area contributed by atoms with Crippen LogP contribution in [0.2, 0.25) is 0 Å². The Morgan fingerprint density at radius 3 is 2.79 bits per heavy atom. The summed E-state index contributed by atoms with van der Waals surface area (Å²) in [6.07, 6.45) is 0. The standard InChI is InChI=1S/C20H17N5O2S/c1-27-18-8-4-7-17(12-18)25-20(22-23-24-25)28-13-19(26)21-16-10-9-14-5-2-3-6-15(14)11-16/h2-12H,13H2,1H3,(H,21,26). The van der Waals surface area contributed by atoms with Gasteiger partial charge in [-0.2, -0.15) is 4.68 Å². The van der Waals surface area contributed by atoms with Gasteiger partial charge < -0.3 is 10.1 Å². The van der Waals surface area contributed by atoms with Gasteiger partial charge in [-0.3, -0.25) is 4.79 Å². The highest BCUT2D eigenvalue weighted by molar-refractivity contribution is 7.99. The van der Waals surface area contributed by atoms with Crippen LogP contribution in [0, 0.1) is 0 Å². The summed E-state index contributed by atoms with van der Waals surface area (Å²) in [4.78, 5) is 12.4. The molecule has 0 aliphatic carbocycles. The van der Waals surface area contributed by atoms with Crippen LogP contribution in [0.5, 0.6) is 5.75 Å². The SMILES string of the molecule is COc1cccc(-n2nnnc2SCC(=O)Nc2ccc3ccccc3c2)c1. The number of amides is 1. The molecule has 1 heterocycles. The molecule has 0 aliphatic heterocycles. The van der Waals surface area contributed by atoms with Crippen molar-refractivity contribution in [3.63, 3.8) is 0 Å². The number of rotatable bonds is 6. The van der Waals surface area contributed by atoms with Crippen molar-refractivity contribution >= 4 is 34.1 Å². The third kappa shape index (κ3) is 3.96. The van der Waals surface area contributed by atoms with Gasteiger partial charge in [-0.05, 0) is 45.5 Å². The van der Waals surface area contributed by atoms with Gasteiger partial charge in [0.1, 0.15) is 5.75 Å². The Morgan fingerprint density at radius 1 is 1.07 bits per heavy atom. The second kappa shape index (κ2) is 8.10. The lowest BCUT2D eigenvalue weighted by molar-refractivity contribution is -0.113. The lowest BCUT2D eigenvalue weighted by Gasteiger charge is -2.07. The molecule has 0 unspecified atom stereocenters. The Morgan fingerprint density at radius 2 is 1.93 bits per heavy atom. The van der Waals surface area contributed by atoms with Crippen LogP contribution < -0.4 is 10.1 Å². The van der Waals surface area contributed by atoms with Crippen LogP contribution in [-0.4, -0.2) is 39.0 Å². The summed E-state index contributed by atoms with van der Waals surface area (Å²) in [6, 6.07) is 21.3. The van der Waals surface area contributed by atoms with Gasteiger partial charge in [0.05, 0.1) is 18.6 Å². The zero-order chi connectivity index (χ0) is 19.3. The van der Waals surface area contributed by atoms with Gasteiger partial charge in [0.2, 0.25) is 11.1 Å². The molecule has 3 aromatic carbocycles. The first-order valence-electron chi connectivity index (χ1n) is 8.57. The van der Waals surface area contributed by atoms with Crippen molar-refractivity contribution in [2.45, 2.75) is 5.16 Å². The van der Waals surface area contributed by atoms with E-state index in [1.54, 1.807) is 11.8 Å². The number of aromatic nitrogens is 4. The molecule has 0 saturated carbocycles. The Kier molecular flexibility index (Phi) is 5.20. The fourth-order valence-electron chi connectivity index (χ4n) is 2.77. The minimum atomic E-state index is -0.125.